The summed E-state index contributed by atoms with van der Waals surface area (Å²) < 4.78 is 1.51. The van der Waals surface area contributed by atoms with E-state index in [1.54, 1.807) is 7.05 Å². The first-order chi connectivity index (χ1) is 7.16. The van der Waals surface area contributed by atoms with Gasteiger partial charge in [0.2, 0.25) is 0 Å². The second-order valence-corrected chi connectivity index (χ2v) is 3.49. The molecule has 0 radical (unpaired) electrons. The van der Waals surface area contributed by atoms with E-state index in [9.17, 15) is 4.79 Å². The molecule has 3 heteroatoms. The summed E-state index contributed by atoms with van der Waals surface area (Å²) in [6.45, 7) is 1.81. The van der Waals surface area contributed by atoms with Gasteiger partial charge in [-0.15, -0.1) is 0 Å². The van der Waals surface area contributed by atoms with E-state index in [2.05, 4.69) is 0 Å². The summed E-state index contributed by atoms with van der Waals surface area (Å²) in [6.07, 6.45) is 0. The van der Waals surface area contributed by atoms with Gasteiger partial charge in [0.05, 0.1) is 5.52 Å². The molecule has 0 aliphatic rings. The molecule has 0 fully saturated rings. The highest BCUT2D eigenvalue weighted by Gasteiger charge is 2.10. The molecule has 74 valence electrons. The van der Waals surface area contributed by atoms with Gasteiger partial charge in [-0.05, 0) is 18.6 Å². The molecule has 0 aliphatic heterocycles. The van der Waals surface area contributed by atoms with Gasteiger partial charge in [0.25, 0.3) is 5.56 Å². The smallest absolute Gasteiger partial charge is 0.268 e. The van der Waals surface area contributed by atoms with E-state index in [1.165, 1.54) is 4.57 Å². The van der Waals surface area contributed by atoms with Crippen molar-refractivity contribution in [1.29, 1.82) is 5.26 Å². The van der Waals surface area contributed by atoms with E-state index in [0.717, 1.165) is 16.5 Å². The summed E-state index contributed by atoms with van der Waals surface area (Å²) in [5, 5.41) is 9.87. The fraction of sp³-hybridized carbons (Fsp3) is 0.167. The van der Waals surface area contributed by atoms with Crippen LogP contribution in [0.1, 0.15) is 11.1 Å². The Morgan fingerprint density at radius 3 is 2.67 bits per heavy atom. The van der Waals surface area contributed by atoms with Gasteiger partial charge in [0, 0.05) is 12.4 Å². The lowest BCUT2D eigenvalue weighted by atomic mass is 10.1. The van der Waals surface area contributed by atoms with Gasteiger partial charge >= 0.3 is 0 Å². The molecule has 1 aromatic carbocycles. The van der Waals surface area contributed by atoms with Crippen molar-refractivity contribution >= 4 is 10.9 Å². The standard InChI is InChI=1S/C12H10N2O/c1-8-9-5-3-4-6-11(9)14(2)12(15)10(8)7-13/h3-6H,1-2H3. The van der Waals surface area contributed by atoms with Crippen LogP contribution in [0.3, 0.4) is 0 Å². The first-order valence-electron chi connectivity index (χ1n) is 4.65. The Kier molecular flexibility index (Phi) is 2.05. The van der Waals surface area contributed by atoms with Gasteiger partial charge in [-0.25, -0.2) is 0 Å². The van der Waals surface area contributed by atoms with Crippen LogP contribution in [0.25, 0.3) is 10.9 Å². The van der Waals surface area contributed by atoms with E-state index in [-0.39, 0.29) is 11.1 Å². The van der Waals surface area contributed by atoms with Crippen molar-refractivity contribution in [2.75, 3.05) is 0 Å². The minimum atomic E-state index is -0.228. The van der Waals surface area contributed by atoms with Crippen molar-refractivity contribution < 1.29 is 0 Å². The van der Waals surface area contributed by atoms with Crippen molar-refractivity contribution in [2.45, 2.75) is 6.92 Å². The Morgan fingerprint density at radius 1 is 1.33 bits per heavy atom. The fourth-order valence-electron chi connectivity index (χ4n) is 1.79. The molecule has 0 amide bonds. The van der Waals surface area contributed by atoms with Crippen LogP contribution in [0, 0.1) is 18.3 Å². The average molecular weight is 198 g/mol. The molecule has 0 unspecified atom stereocenters. The van der Waals surface area contributed by atoms with Gasteiger partial charge in [-0.1, -0.05) is 18.2 Å². The number of para-hydroxylation sites is 1. The number of rotatable bonds is 0. The van der Waals surface area contributed by atoms with Crippen LogP contribution in [-0.2, 0) is 7.05 Å². The van der Waals surface area contributed by atoms with Gasteiger partial charge in [-0.3, -0.25) is 4.79 Å². The summed E-state index contributed by atoms with van der Waals surface area (Å²) >= 11 is 0. The third-order valence-electron chi connectivity index (χ3n) is 2.67. The molecule has 1 heterocycles. The largest absolute Gasteiger partial charge is 0.310 e. The van der Waals surface area contributed by atoms with Gasteiger partial charge < -0.3 is 4.57 Å². The molecule has 0 bridgehead atoms. The summed E-state index contributed by atoms with van der Waals surface area (Å²) in [5.41, 5.74) is 1.63. The predicted octanol–water partition coefficient (Wildman–Crippen LogP) is 1.72. The molecule has 0 spiro atoms. The number of nitrogens with zero attached hydrogens (tertiary/aromatic N) is 2. The maximum atomic E-state index is 11.8. The molecule has 0 N–H and O–H groups in total. The maximum absolute atomic E-state index is 11.8. The first-order valence-corrected chi connectivity index (χ1v) is 4.65. The van der Waals surface area contributed by atoms with Gasteiger partial charge in [0.1, 0.15) is 11.6 Å². The van der Waals surface area contributed by atoms with Crippen LogP contribution in [0.15, 0.2) is 29.1 Å². The lowest BCUT2D eigenvalue weighted by molar-refractivity contribution is 0.897. The van der Waals surface area contributed by atoms with Crippen LogP contribution in [0.5, 0.6) is 0 Å². The highest BCUT2D eigenvalue weighted by atomic mass is 16.1. The second kappa shape index (κ2) is 3.25. The molecule has 2 rings (SSSR count). The molecule has 0 saturated carbocycles. The van der Waals surface area contributed by atoms with Gasteiger partial charge in [-0.2, -0.15) is 5.26 Å². The fourth-order valence-corrected chi connectivity index (χ4v) is 1.79. The number of pyridine rings is 1. The van der Waals surface area contributed by atoms with Crippen molar-refractivity contribution in [2.24, 2.45) is 7.05 Å². The van der Waals surface area contributed by atoms with Crippen molar-refractivity contribution in [3.63, 3.8) is 0 Å². The SMILES string of the molecule is Cc1c(C#N)c(=O)n(C)c2ccccc12. The van der Waals surface area contributed by atoms with E-state index in [1.807, 2.05) is 37.3 Å². The van der Waals surface area contributed by atoms with Crippen LogP contribution >= 0.6 is 0 Å². The molecule has 1 aromatic heterocycles. The zero-order valence-corrected chi connectivity index (χ0v) is 8.61. The van der Waals surface area contributed by atoms with E-state index >= 15 is 0 Å². The second-order valence-electron chi connectivity index (χ2n) is 3.49. The Bertz CT molecular complexity index is 632. The van der Waals surface area contributed by atoms with Crippen LogP contribution in [0.4, 0.5) is 0 Å². The summed E-state index contributed by atoms with van der Waals surface area (Å²) in [7, 11) is 1.69. The highest BCUT2D eigenvalue weighted by Crippen LogP contribution is 2.17. The average Bonchev–Trinajstić information content (AvgIpc) is 2.27. The quantitative estimate of drug-likeness (QED) is 0.647. The molecule has 2 aromatic rings. The Labute approximate surface area is 87.2 Å². The number of fused-ring (bicyclic) bond motifs is 1. The monoisotopic (exact) mass is 198 g/mol. The topological polar surface area (TPSA) is 45.8 Å². The third kappa shape index (κ3) is 1.23. The molecular weight excluding hydrogens is 188 g/mol. The first kappa shape index (κ1) is 9.47. The zero-order chi connectivity index (χ0) is 11.0. The van der Waals surface area contributed by atoms with Crippen LogP contribution < -0.4 is 5.56 Å². The number of hydrogen-bond donors (Lipinski definition) is 0. The molecular formula is C12H10N2O. The molecule has 15 heavy (non-hydrogen) atoms. The molecule has 0 atom stereocenters. The van der Waals surface area contributed by atoms with E-state index in [0.29, 0.717) is 0 Å². The van der Waals surface area contributed by atoms with Crippen LogP contribution in [-0.4, -0.2) is 4.57 Å². The summed E-state index contributed by atoms with van der Waals surface area (Å²) in [5.74, 6) is 0. The maximum Gasteiger partial charge on any atom is 0.268 e. The molecule has 0 aliphatic carbocycles. The predicted molar refractivity (Wildman–Crippen MR) is 58.6 cm³/mol. The number of aryl methyl sites for hydroxylation is 2. The Balaban J connectivity index is 3.12. The van der Waals surface area contributed by atoms with Crippen molar-refractivity contribution in [3.8, 4) is 6.07 Å². The minimum absolute atomic E-state index is 0.228. The zero-order valence-electron chi connectivity index (χ0n) is 8.61. The number of nitriles is 1. The van der Waals surface area contributed by atoms with Crippen molar-refractivity contribution in [3.05, 3.63) is 45.7 Å². The van der Waals surface area contributed by atoms with Gasteiger partial charge in [0.15, 0.2) is 0 Å². The Morgan fingerprint density at radius 2 is 2.00 bits per heavy atom. The minimum Gasteiger partial charge on any atom is -0.310 e. The number of aromatic nitrogens is 1. The number of hydrogen-bond acceptors (Lipinski definition) is 2. The van der Waals surface area contributed by atoms with Crippen LogP contribution in [0.2, 0.25) is 0 Å². The summed E-state index contributed by atoms with van der Waals surface area (Å²) in [4.78, 5) is 11.8. The lowest BCUT2D eigenvalue weighted by Gasteiger charge is -2.08. The van der Waals surface area contributed by atoms with Crippen molar-refractivity contribution in [1.82, 2.24) is 4.57 Å². The molecule has 3 nitrogen and oxygen atoms in total. The Hall–Kier alpha value is -2.08. The van der Waals surface area contributed by atoms with E-state index in [4.69, 9.17) is 5.26 Å². The normalized spacial score (nSPS) is 10.2. The highest BCUT2D eigenvalue weighted by molar-refractivity contribution is 5.84. The third-order valence-corrected chi connectivity index (χ3v) is 2.67. The lowest BCUT2D eigenvalue weighted by Crippen LogP contribution is -2.21. The molecule has 0 saturated heterocycles. The van der Waals surface area contributed by atoms with E-state index < -0.39 is 0 Å². The summed E-state index contributed by atoms with van der Waals surface area (Å²) in [6, 6.07) is 9.55. The number of benzene rings is 1.